The summed E-state index contributed by atoms with van der Waals surface area (Å²) in [5, 5.41) is 2.24. The Bertz CT molecular complexity index is 1440. The van der Waals surface area contributed by atoms with E-state index in [9.17, 15) is 9.59 Å². The first-order chi connectivity index (χ1) is 17.5. The van der Waals surface area contributed by atoms with E-state index >= 15 is 4.39 Å². The van der Waals surface area contributed by atoms with Crippen molar-refractivity contribution in [2.45, 2.75) is 30.9 Å². The van der Waals surface area contributed by atoms with Gasteiger partial charge in [-0.3, -0.25) is 19.5 Å². The topological polar surface area (TPSA) is 62.2 Å². The zero-order valence-electron chi connectivity index (χ0n) is 19.8. The van der Waals surface area contributed by atoms with Crippen LogP contribution in [0.2, 0.25) is 0 Å². The molecular formula is C29H26FN3O3. The Labute approximate surface area is 208 Å². The van der Waals surface area contributed by atoms with Gasteiger partial charge in [0, 0.05) is 32.0 Å². The van der Waals surface area contributed by atoms with Gasteiger partial charge in [0.2, 0.25) is 0 Å². The predicted octanol–water partition coefficient (Wildman–Crippen LogP) is 4.01. The van der Waals surface area contributed by atoms with Crippen LogP contribution in [0.15, 0.2) is 65.7 Å². The maximum atomic E-state index is 15.5. The SMILES string of the molecule is O=C(C1CCO1)N1CC(CN2C(=O)C3(CC3)N=C2c2ccc(-c3ccc4ccccc4c3)cc2F)C1. The molecule has 3 fully saturated rings. The molecule has 1 atom stereocenters. The summed E-state index contributed by atoms with van der Waals surface area (Å²) >= 11 is 0. The fraction of sp³-hybridized carbons (Fsp3) is 0.345. The number of halogens is 1. The lowest BCUT2D eigenvalue weighted by Gasteiger charge is -2.43. The molecular weight excluding hydrogens is 457 g/mol. The number of likely N-dealkylation sites (tertiary alicyclic amines) is 1. The number of fused-ring (bicyclic) bond motifs is 1. The third-order valence-electron chi connectivity index (χ3n) is 7.92. The van der Waals surface area contributed by atoms with Crippen molar-refractivity contribution >= 4 is 28.4 Å². The molecule has 1 spiro atoms. The highest BCUT2D eigenvalue weighted by Crippen LogP contribution is 2.46. The van der Waals surface area contributed by atoms with Gasteiger partial charge in [0.15, 0.2) is 0 Å². The zero-order valence-corrected chi connectivity index (χ0v) is 19.8. The van der Waals surface area contributed by atoms with E-state index in [4.69, 9.17) is 9.73 Å². The Kier molecular flexibility index (Phi) is 4.80. The van der Waals surface area contributed by atoms with Gasteiger partial charge in [0.25, 0.3) is 11.8 Å². The van der Waals surface area contributed by atoms with Crippen LogP contribution in [0.1, 0.15) is 24.8 Å². The van der Waals surface area contributed by atoms with E-state index in [0.717, 1.165) is 28.3 Å². The minimum absolute atomic E-state index is 0.0353. The second-order valence-electron chi connectivity index (χ2n) is 10.4. The summed E-state index contributed by atoms with van der Waals surface area (Å²) < 4.78 is 20.8. The number of ether oxygens (including phenoxy) is 1. The third-order valence-corrected chi connectivity index (χ3v) is 7.92. The number of rotatable bonds is 5. The molecule has 7 rings (SSSR count). The second-order valence-corrected chi connectivity index (χ2v) is 10.4. The Morgan fingerprint density at radius 2 is 1.75 bits per heavy atom. The summed E-state index contributed by atoms with van der Waals surface area (Å²) in [7, 11) is 0. The van der Waals surface area contributed by atoms with E-state index in [0.29, 0.717) is 50.5 Å². The fourth-order valence-electron chi connectivity index (χ4n) is 5.48. The van der Waals surface area contributed by atoms with E-state index in [1.807, 2.05) is 36.4 Å². The number of amides is 2. The van der Waals surface area contributed by atoms with Crippen LogP contribution in [-0.4, -0.2) is 65.3 Å². The van der Waals surface area contributed by atoms with E-state index in [1.54, 1.807) is 15.9 Å². The number of hydrogen-bond acceptors (Lipinski definition) is 4. The van der Waals surface area contributed by atoms with Gasteiger partial charge in [-0.05, 0) is 52.9 Å². The van der Waals surface area contributed by atoms with Crippen LogP contribution in [0.3, 0.4) is 0 Å². The van der Waals surface area contributed by atoms with Gasteiger partial charge in [0.05, 0.1) is 12.2 Å². The van der Waals surface area contributed by atoms with Crippen molar-refractivity contribution in [1.29, 1.82) is 0 Å². The Morgan fingerprint density at radius 1 is 1.03 bits per heavy atom. The summed E-state index contributed by atoms with van der Waals surface area (Å²) in [5.41, 5.74) is 1.36. The molecule has 36 heavy (non-hydrogen) atoms. The van der Waals surface area contributed by atoms with Crippen LogP contribution in [0.25, 0.3) is 21.9 Å². The highest BCUT2D eigenvalue weighted by atomic mass is 19.1. The molecule has 6 nitrogen and oxygen atoms in total. The molecule has 1 unspecified atom stereocenters. The molecule has 182 valence electrons. The lowest BCUT2D eigenvalue weighted by atomic mass is 9.96. The van der Waals surface area contributed by atoms with Crippen LogP contribution >= 0.6 is 0 Å². The highest BCUT2D eigenvalue weighted by molar-refractivity contribution is 6.16. The zero-order chi connectivity index (χ0) is 24.4. The number of carbonyl (C=O) groups excluding carboxylic acids is 2. The molecule has 7 heteroatoms. The number of benzene rings is 3. The minimum atomic E-state index is -0.711. The van der Waals surface area contributed by atoms with Crippen LogP contribution in [0, 0.1) is 11.7 Å². The summed E-state index contributed by atoms with van der Waals surface area (Å²) in [4.78, 5) is 33.8. The first kappa shape index (κ1) is 21.7. The van der Waals surface area contributed by atoms with Crippen molar-refractivity contribution in [3.8, 4) is 11.1 Å². The molecule has 2 amide bonds. The van der Waals surface area contributed by atoms with Gasteiger partial charge in [-0.1, -0.05) is 42.5 Å². The summed E-state index contributed by atoms with van der Waals surface area (Å²) in [6, 6.07) is 19.4. The lowest BCUT2D eigenvalue weighted by molar-refractivity contribution is -0.162. The van der Waals surface area contributed by atoms with Gasteiger partial charge in [-0.15, -0.1) is 0 Å². The molecule has 0 N–H and O–H groups in total. The predicted molar refractivity (Wildman–Crippen MR) is 134 cm³/mol. The van der Waals surface area contributed by atoms with Gasteiger partial charge in [-0.2, -0.15) is 0 Å². The number of hydrogen-bond donors (Lipinski definition) is 0. The maximum absolute atomic E-state index is 15.5. The summed E-state index contributed by atoms with van der Waals surface area (Å²) in [5.74, 6) is 0.183. The molecule has 0 radical (unpaired) electrons. The Balaban J connectivity index is 1.12. The minimum Gasteiger partial charge on any atom is -0.368 e. The quantitative estimate of drug-likeness (QED) is 0.551. The van der Waals surface area contributed by atoms with Crippen molar-refractivity contribution in [2.75, 3.05) is 26.2 Å². The third kappa shape index (κ3) is 3.45. The standard InChI is InChI=1S/C29H26FN3O3/c30-24-14-22(21-6-5-19-3-1-2-4-20(19)13-21)7-8-23(24)26-31-29(10-11-29)28(35)33(26)17-18-15-32(16-18)27(34)25-9-12-36-25/h1-8,13-14,18,25H,9-12,15-17H2. The molecule has 4 aliphatic rings. The molecule has 1 aliphatic carbocycles. The van der Waals surface area contributed by atoms with Crippen molar-refractivity contribution in [3.05, 3.63) is 72.0 Å². The smallest absolute Gasteiger partial charge is 0.256 e. The van der Waals surface area contributed by atoms with Crippen molar-refractivity contribution in [3.63, 3.8) is 0 Å². The number of amidine groups is 1. The van der Waals surface area contributed by atoms with E-state index in [1.165, 1.54) is 6.07 Å². The molecule has 2 saturated heterocycles. The van der Waals surface area contributed by atoms with Crippen molar-refractivity contribution in [2.24, 2.45) is 10.9 Å². The van der Waals surface area contributed by atoms with Crippen LogP contribution in [0.5, 0.6) is 0 Å². The molecule has 1 saturated carbocycles. The second kappa shape index (κ2) is 7.96. The number of aliphatic imine (C=N–C) groups is 1. The molecule has 0 aromatic heterocycles. The maximum Gasteiger partial charge on any atom is 0.256 e. The largest absolute Gasteiger partial charge is 0.368 e. The lowest BCUT2D eigenvalue weighted by Crippen LogP contribution is -2.58. The molecule has 3 aromatic carbocycles. The molecule has 3 aliphatic heterocycles. The first-order valence-corrected chi connectivity index (χ1v) is 12.6. The van der Waals surface area contributed by atoms with E-state index < -0.39 is 5.54 Å². The number of nitrogens with zero attached hydrogens (tertiary/aromatic N) is 3. The first-order valence-electron chi connectivity index (χ1n) is 12.6. The monoisotopic (exact) mass is 483 g/mol. The van der Waals surface area contributed by atoms with Gasteiger partial charge >= 0.3 is 0 Å². The van der Waals surface area contributed by atoms with Crippen LogP contribution in [0.4, 0.5) is 4.39 Å². The fourth-order valence-corrected chi connectivity index (χ4v) is 5.48. The average molecular weight is 484 g/mol. The van der Waals surface area contributed by atoms with Gasteiger partial charge in [-0.25, -0.2) is 4.39 Å². The summed E-state index contributed by atoms with van der Waals surface area (Å²) in [6.45, 7) is 2.27. The van der Waals surface area contributed by atoms with Gasteiger partial charge < -0.3 is 9.64 Å². The average Bonchev–Trinajstić information content (AvgIpc) is 3.56. The highest BCUT2D eigenvalue weighted by Gasteiger charge is 2.58. The molecule has 3 aromatic rings. The molecule has 0 bridgehead atoms. The van der Waals surface area contributed by atoms with Crippen molar-refractivity contribution < 1.29 is 18.7 Å². The van der Waals surface area contributed by atoms with E-state index in [2.05, 4.69) is 12.1 Å². The van der Waals surface area contributed by atoms with Crippen molar-refractivity contribution in [1.82, 2.24) is 9.80 Å². The Hall–Kier alpha value is -3.58. The molecule has 3 heterocycles. The number of carbonyl (C=O) groups is 2. The van der Waals surface area contributed by atoms with E-state index in [-0.39, 0.29) is 29.7 Å². The normalized spacial score (nSPS) is 22.5. The van der Waals surface area contributed by atoms with Crippen LogP contribution < -0.4 is 0 Å². The Morgan fingerprint density at radius 3 is 2.44 bits per heavy atom. The summed E-state index contributed by atoms with van der Waals surface area (Å²) in [6.07, 6.45) is 1.88. The van der Waals surface area contributed by atoms with Crippen LogP contribution in [-0.2, 0) is 14.3 Å². The van der Waals surface area contributed by atoms with Gasteiger partial charge in [0.1, 0.15) is 23.3 Å².